The third-order valence-electron chi connectivity index (χ3n) is 4.04. The lowest BCUT2D eigenvalue weighted by molar-refractivity contribution is 0.0951. The summed E-state index contributed by atoms with van der Waals surface area (Å²) in [4.78, 5) is 14.4. The van der Waals surface area contributed by atoms with Crippen molar-refractivity contribution in [2.24, 2.45) is 0 Å². The van der Waals surface area contributed by atoms with Crippen LogP contribution in [0.2, 0.25) is 0 Å². The van der Waals surface area contributed by atoms with Crippen LogP contribution in [-0.4, -0.2) is 19.5 Å². The molecule has 2 aromatic rings. The molecule has 0 saturated heterocycles. The number of fused-ring (bicyclic) bond motifs is 1. The Kier molecular flexibility index (Phi) is 3.65. The second-order valence-electron chi connectivity index (χ2n) is 5.68. The molecule has 21 heavy (non-hydrogen) atoms. The molecule has 3 rings (SSSR count). The van der Waals surface area contributed by atoms with Crippen molar-refractivity contribution in [2.45, 2.75) is 19.9 Å². The van der Waals surface area contributed by atoms with E-state index in [2.05, 4.69) is 35.5 Å². The van der Waals surface area contributed by atoms with Crippen LogP contribution in [0.1, 0.15) is 27.0 Å². The molecule has 0 unspecified atom stereocenters. The first-order valence-corrected chi connectivity index (χ1v) is 7.31. The maximum atomic E-state index is 12.1. The lowest BCUT2D eigenvalue weighted by Crippen LogP contribution is -2.22. The number of amides is 1. The molecular weight excluding hydrogens is 260 g/mol. The minimum absolute atomic E-state index is 0.0207. The van der Waals surface area contributed by atoms with Gasteiger partial charge in [0.05, 0.1) is 0 Å². The van der Waals surface area contributed by atoms with Crippen LogP contribution in [0, 0.1) is 6.92 Å². The van der Waals surface area contributed by atoms with Crippen molar-refractivity contribution in [2.75, 3.05) is 18.5 Å². The molecule has 0 aliphatic carbocycles. The van der Waals surface area contributed by atoms with Gasteiger partial charge in [0.25, 0.3) is 5.91 Å². The molecule has 0 radical (unpaired) electrons. The van der Waals surface area contributed by atoms with E-state index in [0.29, 0.717) is 12.1 Å². The molecule has 0 saturated carbocycles. The molecule has 1 N–H and O–H groups in total. The summed E-state index contributed by atoms with van der Waals surface area (Å²) in [6.45, 7) is 3.67. The average Bonchev–Trinajstić information content (AvgIpc) is 2.86. The maximum Gasteiger partial charge on any atom is 0.251 e. The van der Waals surface area contributed by atoms with E-state index in [0.717, 1.165) is 24.1 Å². The number of nitrogens with zero attached hydrogens (tertiary/aromatic N) is 1. The second-order valence-corrected chi connectivity index (χ2v) is 5.68. The predicted molar refractivity (Wildman–Crippen MR) is 85.8 cm³/mol. The smallest absolute Gasteiger partial charge is 0.251 e. The molecule has 1 aliphatic rings. The molecule has 0 fully saturated rings. The summed E-state index contributed by atoms with van der Waals surface area (Å²) in [7, 11) is 2.12. The third kappa shape index (κ3) is 2.92. The predicted octanol–water partition coefficient (Wildman–Crippen LogP) is 2.92. The average molecular weight is 280 g/mol. The van der Waals surface area contributed by atoms with Gasteiger partial charge in [-0.15, -0.1) is 0 Å². The first kappa shape index (κ1) is 13.7. The quantitative estimate of drug-likeness (QED) is 0.937. The zero-order valence-corrected chi connectivity index (χ0v) is 12.5. The molecule has 1 amide bonds. The Morgan fingerprint density at radius 1 is 1.19 bits per heavy atom. The lowest BCUT2D eigenvalue weighted by atomic mass is 10.1. The van der Waals surface area contributed by atoms with Crippen molar-refractivity contribution in [3.05, 3.63) is 64.7 Å². The fourth-order valence-corrected chi connectivity index (χ4v) is 2.72. The molecule has 1 heterocycles. The van der Waals surface area contributed by atoms with E-state index in [4.69, 9.17) is 0 Å². The Balaban J connectivity index is 1.65. The molecule has 3 heteroatoms. The van der Waals surface area contributed by atoms with Gasteiger partial charge in [-0.1, -0.05) is 29.8 Å². The first-order valence-electron chi connectivity index (χ1n) is 7.31. The van der Waals surface area contributed by atoms with E-state index >= 15 is 0 Å². The molecule has 2 aromatic carbocycles. The number of aryl methyl sites for hydroxylation is 1. The van der Waals surface area contributed by atoms with Crippen molar-refractivity contribution in [1.29, 1.82) is 0 Å². The molecule has 1 aliphatic heterocycles. The molecule has 0 aromatic heterocycles. The Morgan fingerprint density at radius 2 is 1.95 bits per heavy atom. The SMILES string of the molecule is Cc1ccc(C(=O)NCc2ccc3c(c2)CCN3C)cc1. The molecular formula is C18H20N2O. The third-order valence-corrected chi connectivity index (χ3v) is 4.04. The summed E-state index contributed by atoms with van der Waals surface area (Å²) in [5.74, 6) is -0.0207. The van der Waals surface area contributed by atoms with Crippen LogP contribution in [0.3, 0.4) is 0 Å². The summed E-state index contributed by atoms with van der Waals surface area (Å²) >= 11 is 0. The van der Waals surface area contributed by atoms with Crippen molar-refractivity contribution in [3.63, 3.8) is 0 Å². The van der Waals surface area contributed by atoms with E-state index in [1.165, 1.54) is 11.3 Å². The molecule has 3 nitrogen and oxygen atoms in total. The van der Waals surface area contributed by atoms with Gasteiger partial charge in [-0.25, -0.2) is 0 Å². The van der Waals surface area contributed by atoms with Crippen LogP contribution in [0.25, 0.3) is 0 Å². The van der Waals surface area contributed by atoms with E-state index in [1.807, 2.05) is 31.2 Å². The van der Waals surface area contributed by atoms with Gasteiger partial charge in [-0.05, 0) is 42.7 Å². The van der Waals surface area contributed by atoms with Gasteiger partial charge in [-0.3, -0.25) is 4.79 Å². The summed E-state index contributed by atoms with van der Waals surface area (Å²) in [5.41, 5.74) is 5.71. The zero-order chi connectivity index (χ0) is 14.8. The Morgan fingerprint density at radius 3 is 2.71 bits per heavy atom. The highest BCUT2D eigenvalue weighted by Crippen LogP contribution is 2.27. The van der Waals surface area contributed by atoms with Gasteiger partial charge in [0, 0.05) is 31.4 Å². The van der Waals surface area contributed by atoms with Crippen molar-refractivity contribution in [3.8, 4) is 0 Å². The van der Waals surface area contributed by atoms with Gasteiger partial charge in [0.1, 0.15) is 0 Å². The van der Waals surface area contributed by atoms with Crippen LogP contribution in [0.15, 0.2) is 42.5 Å². The number of hydrogen-bond acceptors (Lipinski definition) is 2. The highest BCUT2D eigenvalue weighted by atomic mass is 16.1. The second kappa shape index (κ2) is 5.60. The first-order chi connectivity index (χ1) is 10.1. The molecule has 0 bridgehead atoms. The lowest BCUT2D eigenvalue weighted by Gasteiger charge is -2.12. The summed E-state index contributed by atoms with van der Waals surface area (Å²) in [6, 6.07) is 14.1. The van der Waals surface area contributed by atoms with E-state index in [9.17, 15) is 4.79 Å². The number of carbonyl (C=O) groups excluding carboxylic acids is 1. The Hall–Kier alpha value is -2.29. The number of carbonyl (C=O) groups is 1. The van der Waals surface area contributed by atoms with E-state index in [-0.39, 0.29) is 5.91 Å². The molecule has 108 valence electrons. The highest BCUT2D eigenvalue weighted by molar-refractivity contribution is 5.94. The Labute approximate surface area is 125 Å². The standard InChI is InChI=1S/C18H20N2O/c1-13-3-6-15(7-4-13)18(21)19-12-14-5-8-17-16(11-14)9-10-20(17)2/h3-8,11H,9-10,12H2,1-2H3,(H,19,21). The number of hydrogen-bond donors (Lipinski definition) is 1. The fraction of sp³-hybridized carbons (Fsp3) is 0.278. The normalized spacial score (nSPS) is 13.1. The highest BCUT2D eigenvalue weighted by Gasteiger charge is 2.15. The van der Waals surface area contributed by atoms with Crippen molar-refractivity contribution >= 4 is 11.6 Å². The van der Waals surface area contributed by atoms with Gasteiger partial charge in [0.2, 0.25) is 0 Å². The van der Waals surface area contributed by atoms with Crippen LogP contribution >= 0.6 is 0 Å². The van der Waals surface area contributed by atoms with E-state index < -0.39 is 0 Å². The van der Waals surface area contributed by atoms with Crippen LogP contribution in [-0.2, 0) is 13.0 Å². The summed E-state index contributed by atoms with van der Waals surface area (Å²) < 4.78 is 0. The minimum atomic E-state index is -0.0207. The maximum absolute atomic E-state index is 12.1. The summed E-state index contributed by atoms with van der Waals surface area (Å²) in [6.07, 6.45) is 1.09. The van der Waals surface area contributed by atoms with Gasteiger partial charge >= 0.3 is 0 Å². The molecule has 0 atom stereocenters. The Bertz CT molecular complexity index is 661. The van der Waals surface area contributed by atoms with Crippen LogP contribution < -0.4 is 10.2 Å². The fourth-order valence-electron chi connectivity index (χ4n) is 2.72. The minimum Gasteiger partial charge on any atom is -0.374 e. The van der Waals surface area contributed by atoms with E-state index in [1.54, 1.807) is 0 Å². The number of nitrogens with one attached hydrogen (secondary N) is 1. The van der Waals surface area contributed by atoms with Crippen molar-refractivity contribution < 1.29 is 4.79 Å². The van der Waals surface area contributed by atoms with Crippen LogP contribution in [0.4, 0.5) is 5.69 Å². The van der Waals surface area contributed by atoms with Gasteiger partial charge in [0.15, 0.2) is 0 Å². The molecule has 0 spiro atoms. The zero-order valence-electron chi connectivity index (χ0n) is 12.5. The van der Waals surface area contributed by atoms with Gasteiger partial charge in [-0.2, -0.15) is 0 Å². The van der Waals surface area contributed by atoms with Crippen molar-refractivity contribution in [1.82, 2.24) is 5.32 Å². The van der Waals surface area contributed by atoms with Crippen LogP contribution in [0.5, 0.6) is 0 Å². The number of anilines is 1. The topological polar surface area (TPSA) is 32.3 Å². The largest absolute Gasteiger partial charge is 0.374 e. The van der Waals surface area contributed by atoms with Gasteiger partial charge < -0.3 is 10.2 Å². The summed E-state index contributed by atoms with van der Waals surface area (Å²) in [5, 5.41) is 2.98. The number of rotatable bonds is 3. The monoisotopic (exact) mass is 280 g/mol. The number of likely N-dealkylation sites (N-methyl/N-ethyl adjacent to an activating group) is 1. The number of benzene rings is 2.